The van der Waals surface area contributed by atoms with Crippen LogP contribution >= 0.6 is 11.3 Å². The van der Waals surface area contributed by atoms with E-state index in [0.29, 0.717) is 37.5 Å². The van der Waals surface area contributed by atoms with E-state index < -0.39 is 22.5 Å². The Kier molecular flexibility index (Phi) is 7.79. The van der Waals surface area contributed by atoms with Gasteiger partial charge in [-0.05, 0) is 42.3 Å². The number of carbonyl (C=O) groups excluding carboxylic acids is 1. The van der Waals surface area contributed by atoms with Crippen LogP contribution in [-0.2, 0) is 9.53 Å². The molecule has 0 unspecified atom stereocenters. The molecule has 0 saturated heterocycles. The zero-order valence-corrected chi connectivity index (χ0v) is 23.2. The van der Waals surface area contributed by atoms with Crippen molar-refractivity contribution in [3.05, 3.63) is 125 Å². The van der Waals surface area contributed by atoms with Gasteiger partial charge < -0.3 is 14.2 Å². The minimum atomic E-state index is -0.848. The van der Waals surface area contributed by atoms with E-state index in [0.717, 1.165) is 11.3 Å². The second-order valence-corrected chi connectivity index (χ2v) is 9.90. The summed E-state index contributed by atoms with van der Waals surface area (Å²) in [7, 11) is 2.91. The van der Waals surface area contributed by atoms with Gasteiger partial charge in [0.2, 0.25) is 0 Å². The van der Waals surface area contributed by atoms with Gasteiger partial charge in [0.05, 0.1) is 47.6 Å². The first-order chi connectivity index (χ1) is 19.9. The number of carbonyl (C=O) groups is 1. The highest BCUT2D eigenvalue weighted by Gasteiger charge is 2.35. The largest absolute Gasteiger partial charge is 0.497 e. The number of benzene rings is 3. The summed E-state index contributed by atoms with van der Waals surface area (Å²) in [5.41, 5.74) is 1.79. The average molecular weight is 572 g/mol. The maximum Gasteiger partial charge on any atom is 0.338 e. The van der Waals surface area contributed by atoms with Crippen molar-refractivity contribution in [1.82, 2.24) is 4.57 Å². The highest BCUT2D eigenvalue weighted by Crippen LogP contribution is 2.35. The van der Waals surface area contributed by atoms with Crippen LogP contribution in [0.4, 0.5) is 5.69 Å². The lowest BCUT2D eigenvalue weighted by atomic mass is 9.93. The molecule has 0 saturated carbocycles. The van der Waals surface area contributed by atoms with Crippen LogP contribution in [0, 0.1) is 10.1 Å². The van der Waals surface area contributed by atoms with E-state index in [2.05, 4.69) is 0 Å². The van der Waals surface area contributed by atoms with Gasteiger partial charge in [0.25, 0.3) is 5.56 Å². The number of fused-ring (bicyclic) bond motifs is 1. The van der Waals surface area contributed by atoms with Crippen LogP contribution in [0.2, 0.25) is 0 Å². The standard InChI is InChI=1S/C30H25N3O7S/c1-4-40-29(35)25-26(19-8-6-5-7-9-19)31-30-32(27(25)20-11-13-21(38-2)14-12-20)28(34)24(41-30)17-18-10-15-23(39-3)22(16-18)33(36)37/h5-17,27H,4H2,1-3H3/b24-17-/t27-/m0/s1. The first-order valence-corrected chi connectivity index (χ1v) is 13.4. The Morgan fingerprint density at radius 3 is 2.44 bits per heavy atom. The zero-order valence-electron chi connectivity index (χ0n) is 22.4. The van der Waals surface area contributed by atoms with E-state index in [1.165, 1.54) is 23.8 Å². The number of nitro benzene ring substituents is 1. The second-order valence-electron chi connectivity index (χ2n) is 8.89. The molecule has 0 radical (unpaired) electrons. The van der Waals surface area contributed by atoms with E-state index in [1.54, 1.807) is 50.4 Å². The molecule has 0 fully saturated rings. The van der Waals surface area contributed by atoms with Crippen molar-refractivity contribution in [3.8, 4) is 11.5 Å². The molecule has 5 rings (SSSR count). The molecular formula is C30H25N3O7S. The fourth-order valence-electron chi connectivity index (χ4n) is 4.63. The van der Waals surface area contributed by atoms with E-state index in [-0.39, 0.29) is 23.6 Å². The minimum absolute atomic E-state index is 0.111. The van der Waals surface area contributed by atoms with E-state index in [9.17, 15) is 19.7 Å². The molecule has 1 aromatic heterocycles. The van der Waals surface area contributed by atoms with Crippen molar-refractivity contribution >= 4 is 34.8 Å². The fraction of sp³-hybridized carbons (Fsp3) is 0.167. The molecule has 1 aliphatic rings. The number of hydrogen-bond donors (Lipinski definition) is 0. The van der Waals surface area contributed by atoms with Gasteiger partial charge in [-0.3, -0.25) is 19.5 Å². The number of ether oxygens (including phenoxy) is 3. The number of thiazole rings is 1. The molecule has 1 atom stereocenters. The third-order valence-electron chi connectivity index (χ3n) is 6.50. The van der Waals surface area contributed by atoms with Crippen molar-refractivity contribution in [2.24, 2.45) is 4.99 Å². The van der Waals surface area contributed by atoms with Crippen LogP contribution in [0.1, 0.15) is 29.7 Å². The highest BCUT2D eigenvalue weighted by atomic mass is 32.1. The van der Waals surface area contributed by atoms with Gasteiger partial charge in [0, 0.05) is 11.6 Å². The maximum absolute atomic E-state index is 14.0. The molecule has 3 aromatic carbocycles. The fourth-order valence-corrected chi connectivity index (χ4v) is 5.63. The number of methoxy groups -OCH3 is 2. The Balaban J connectivity index is 1.79. The predicted molar refractivity (Wildman–Crippen MR) is 154 cm³/mol. The lowest BCUT2D eigenvalue weighted by Crippen LogP contribution is -2.40. The van der Waals surface area contributed by atoms with Crippen LogP contribution in [0.5, 0.6) is 11.5 Å². The summed E-state index contributed by atoms with van der Waals surface area (Å²) >= 11 is 1.13. The Morgan fingerprint density at radius 2 is 1.80 bits per heavy atom. The molecule has 1 aliphatic heterocycles. The van der Waals surface area contributed by atoms with Gasteiger partial charge in [-0.25, -0.2) is 9.79 Å². The maximum atomic E-state index is 14.0. The first kappa shape index (κ1) is 27.5. The molecule has 11 heteroatoms. The van der Waals surface area contributed by atoms with Crippen molar-refractivity contribution < 1.29 is 23.9 Å². The van der Waals surface area contributed by atoms with Crippen molar-refractivity contribution in [3.63, 3.8) is 0 Å². The summed E-state index contributed by atoms with van der Waals surface area (Å²) in [6.07, 6.45) is 1.57. The Morgan fingerprint density at radius 1 is 1.07 bits per heavy atom. The van der Waals surface area contributed by atoms with Gasteiger partial charge in [0.15, 0.2) is 10.6 Å². The van der Waals surface area contributed by atoms with Crippen molar-refractivity contribution in [1.29, 1.82) is 0 Å². The number of hydrogen-bond acceptors (Lipinski definition) is 9. The number of nitro groups is 1. The molecule has 0 bridgehead atoms. The lowest BCUT2D eigenvalue weighted by molar-refractivity contribution is -0.385. The van der Waals surface area contributed by atoms with Gasteiger partial charge in [-0.2, -0.15) is 0 Å². The average Bonchev–Trinajstić information content (AvgIpc) is 3.30. The molecule has 0 N–H and O–H groups in total. The molecule has 0 amide bonds. The highest BCUT2D eigenvalue weighted by molar-refractivity contribution is 7.07. The van der Waals surface area contributed by atoms with Crippen LogP contribution in [-0.4, -0.2) is 36.3 Å². The predicted octanol–water partition coefficient (Wildman–Crippen LogP) is 3.86. The molecule has 41 heavy (non-hydrogen) atoms. The monoisotopic (exact) mass is 571 g/mol. The van der Waals surface area contributed by atoms with E-state index in [1.807, 2.05) is 30.3 Å². The molecule has 208 valence electrons. The van der Waals surface area contributed by atoms with Crippen LogP contribution in [0.15, 0.2) is 88.2 Å². The normalized spacial score (nSPS) is 14.7. The molecule has 10 nitrogen and oxygen atoms in total. The Hall–Kier alpha value is -5.03. The van der Waals surface area contributed by atoms with Gasteiger partial charge in [-0.1, -0.05) is 59.9 Å². The summed E-state index contributed by atoms with van der Waals surface area (Å²) < 4.78 is 17.6. The Bertz CT molecular complexity index is 1840. The van der Waals surface area contributed by atoms with Crippen LogP contribution in [0.3, 0.4) is 0 Å². The number of aromatic nitrogens is 1. The lowest BCUT2D eigenvalue weighted by Gasteiger charge is -2.26. The number of nitrogens with zero attached hydrogens (tertiary/aromatic N) is 3. The number of rotatable bonds is 8. The molecule has 2 heterocycles. The van der Waals surface area contributed by atoms with Gasteiger partial charge in [-0.15, -0.1) is 0 Å². The van der Waals surface area contributed by atoms with E-state index >= 15 is 0 Å². The first-order valence-electron chi connectivity index (χ1n) is 12.6. The third-order valence-corrected chi connectivity index (χ3v) is 7.49. The van der Waals surface area contributed by atoms with E-state index in [4.69, 9.17) is 19.2 Å². The summed E-state index contributed by atoms with van der Waals surface area (Å²) in [5.74, 6) is 0.142. The quantitative estimate of drug-likeness (QED) is 0.179. The second kappa shape index (κ2) is 11.6. The molecular weight excluding hydrogens is 546 g/mol. The summed E-state index contributed by atoms with van der Waals surface area (Å²) in [6.45, 7) is 1.85. The SMILES string of the molecule is CCOC(=O)C1=C(c2ccccc2)N=c2s/c(=C\c3ccc(OC)c([N+](=O)[O-])c3)c(=O)n2[C@H]1c1ccc(OC)cc1. The summed E-state index contributed by atoms with van der Waals surface area (Å²) in [6, 6.07) is 19.9. The van der Waals surface area contributed by atoms with Crippen LogP contribution < -0.4 is 24.4 Å². The zero-order chi connectivity index (χ0) is 29.1. The van der Waals surface area contributed by atoms with Crippen molar-refractivity contribution in [2.75, 3.05) is 20.8 Å². The smallest absolute Gasteiger partial charge is 0.338 e. The van der Waals surface area contributed by atoms with Crippen LogP contribution in [0.25, 0.3) is 11.8 Å². The molecule has 0 spiro atoms. The van der Waals surface area contributed by atoms with Gasteiger partial charge >= 0.3 is 11.7 Å². The molecule has 0 aliphatic carbocycles. The van der Waals surface area contributed by atoms with Gasteiger partial charge in [0.1, 0.15) is 5.75 Å². The van der Waals surface area contributed by atoms with Crippen molar-refractivity contribution in [2.45, 2.75) is 13.0 Å². The minimum Gasteiger partial charge on any atom is -0.497 e. The molecule has 4 aromatic rings. The summed E-state index contributed by atoms with van der Waals surface area (Å²) in [5, 5.41) is 11.6. The topological polar surface area (TPSA) is 122 Å². The summed E-state index contributed by atoms with van der Waals surface area (Å²) in [4.78, 5) is 43.6. The number of esters is 1. The third kappa shape index (κ3) is 5.27. The Labute approximate surface area is 238 Å².